The van der Waals surface area contributed by atoms with Crippen molar-refractivity contribution in [3.05, 3.63) is 24.3 Å². The number of anilines is 1. The van der Waals surface area contributed by atoms with Gasteiger partial charge in [-0.05, 0) is 56.4 Å². The van der Waals surface area contributed by atoms with Crippen LogP contribution in [0.4, 0.5) is 18.9 Å². The molecular weight excluding hydrogens is 437 g/mol. The van der Waals surface area contributed by atoms with E-state index in [1.165, 1.54) is 28.6 Å². The zero-order valence-corrected chi connectivity index (χ0v) is 17.8. The Labute approximate surface area is 179 Å². The third-order valence-electron chi connectivity index (χ3n) is 6.39. The SMILES string of the molecule is O=C1N(c2ccc(OC(F)(F)F)cc2)CCC12CCN(S(=O)(=O)CC1CCCO1)CC2. The van der Waals surface area contributed by atoms with Crippen LogP contribution in [0, 0.1) is 5.41 Å². The number of ether oxygens (including phenoxy) is 2. The summed E-state index contributed by atoms with van der Waals surface area (Å²) in [4.78, 5) is 14.7. The number of halogens is 3. The summed E-state index contributed by atoms with van der Waals surface area (Å²) in [6.07, 6.45) is -1.95. The first-order valence-corrected chi connectivity index (χ1v) is 12.0. The topological polar surface area (TPSA) is 76.2 Å². The maximum Gasteiger partial charge on any atom is 0.573 e. The molecule has 1 amide bonds. The van der Waals surface area contributed by atoms with Crippen LogP contribution < -0.4 is 9.64 Å². The highest BCUT2D eigenvalue weighted by atomic mass is 32.2. The Kier molecular flexibility index (Phi) is 5.95. The van der Waals surface area contributed by atoms with E-state index in [4.69, 9.17) is 4.74 Å². The van der Waals surface area contributed by atoms with Crippen LogP contribution in [0.3, 0.4) is 0 Å². The first-order chi connectivity index (χ1) is 14.6. The number of sulfonamides is 1. The van der Waals surface area contributed by atoms with Gasteiger partial charge in [0.15, 0.2) is 0 Å². The molecule has 3 aliphatic heterocycles. The van der Waals surface area contributed by atoms with E-state index in [9.17, 15) is 26.4 Å². The van der Waals surface area contributed by atoms with E-state index in [1.807, 2.05) is 0 Å². The maximum atomic E-state index is 13.2. The lowest BCUT2D eigenvalue weighted by Crippen LogP contribution is -2.48. The van der Waals surface area contributed by atoms with Crippen molar-refractivity contribution in [1.29, 1.82) is 0 Å². The van der Waals surface area contributed by atoms with Gasteiger partial charge in [-0.2, -0.15) is 0 Å². The van der Waals surface area contributed by atoms with Crippen molar-refractivity contribution in [3.63, 3.8) is 0 Å². The van der Waals surface area contributed by atoms with Gasteiger partial charge in [-0.15, -0.1) is 13.2 Å². The van der Waals surface area contributed by atoms with E-state index in [1.54, 1.807) is 4.90 Å². The summed E-state index contributed by atoms with van der Waals surface area (Å²) >= 11 is 0. The molecular formula is C20H25F3N2O5S. The van der Waals surface area contributed by atoms with Crippen molar-refractivity contribution in [1.82, 2.24) is 4.31 Å². The van der Waals surface area contributed by atoms with Gasteiger partial charge in [-0.3, -0.25) is 4.79 Å². The van der Waals surface area contributed by atoms with Gasteiger partial charge in [0.2, 0.25) is 15.9 Å². The van der Waals surface area contributed by atoms with Crippen molar-refractivity contribution >= 4 is 21.6 Å². The molecule has 11 heteroatoms. The molecule has 4 rings (SSSR count). The second kappa shape index (κ2) is 8.25. The predicted molar refractivity (Wildman–Crippen MR) is 106 cm³/mol. The summed E-state index contributed by atoms with van der Waals surface area (Å²) in [5.41, 5.74) is -0.123. The Morgan fingerprint density at radius 1 is 1.10 bits per heavy atom. The highest BCUT2D eigenvalue weighted by Gasteiger charge is 2.50. The highest BCUT2D eigenvalue weighted by molar-refractivity contribution is 7.89. The van der Waals surface area contributed by atoms with Crippen molar-refractivity contribution in [2.45, 2.75) is 44.6 Å². The van der Waals surface area contributed by atoms with Crippen LogP contribution in [0.15, 0.2) is 24.3 Å². The van der Waals surface area contributed by atoms with Gasteiger partial charge in [-0.1, -0.05) is 0 Å². The zero-order valence-electron chi connectivity index (χ0n) is 16.9. The van der Waals surface area contributed by atoms with Crippen molar-refractivity contribution in [2.24, 2.45) is 5.41 Å². The summed E-state index contributed by atoms with van der Waals surface area (Å²) < 4.78 is 73.2. The van der Waals surface area contributed by atoms with Crippen LogP contribution in [-0.4, -0.2) is 63.1 Å². The molecule has 0 bridgehead atoms. The van der Waals surface area contributed by atoms with E-state index < -0.39 is 21.8 Å². The number of carbonyl (C=O) groups excluding carboxylic acids is 1. The summed E-state index contributed by atoms with van der Waals surface area (Å²) in [7, 11) is -3.44. The lowest BCUT2D eigenvalue weighted by molar-refractivity contribution is -0.274. The summed E-state index contributed by atoms with van der Waals surface area (Å²) in [5.74, 6) is -0.470. The Morgan fingerprint density at radius 2 is 1.74 bits per heavy atom. The molecule has 0 saturated carbocycles. The minimum absolute atomic E-state index is 0.0214. The fourth-order valence-electron chi connectivity index (χ4n) is 4.67. The molecule has 1 spiro atoms. The molecule has 1 atom stereocenters. The van der Waals surface area contributed by atoms with Crippen LogP contribution in [-0.2, 0) is 19.6 Å². The molecule has 31 heavy (non-hydrogen) atoms. The first kappa shape index (κ1) is 22.3. The summed E-state index contributed by atoms with van der Waals surface area (Å²) in [5, 5.41) is 0. The summed E-state index contributed by atoms with van der Waals surface area (Å²) in [6, 6.07) is 5.22. The number of hydrogen-bond donors (Lipinski definition) is 0. The number of hydrogen-bond acceptors (Lipinski definition) is 5. The highest BCUT2D eigenvalue weighted by Crippen LogP contribution is 2.44. The van der Waals surface area contributed by atoms with Crippen molar-refractivity contribution in [3.8, 4) is 5.75 Å². The number of alkyl halides is 3. The number of amides is 1. The van der Waals surface area contributed by atoms with Crippen LogP contribution >= 0.6 is 0 Å². The Bertz CT molecular complexity index is 906. The number of rotatable bonds is 5. The van der Waals surface area contributed by atoms with Gasteiger partial charge in [-0.25, -0.2) is 12.7 Å². The van der Waals surface area contributed by atoms with E-state index in [0.717, 1.165) is 12.8 Å². The molecule has 0 radical (unpaired) electrons. The average Bonchev–Trinajstić information content (AvgIpc) is 3.31. The second-order valence-corrected chi connectivity index (χ2v) is 10.4. The largest absolute Gasteiger partial charge is 0.573 e. The third kappa shape index (κ3) is 4.83. The standard InChI is InChI=1S/C20H25F3N2O5S/c21-20(22,23)30-16-5-3-15(4-6-16)25-12-9-19(18(25)26)7-10-24(11-8-19)31(27,28)14-17-2-1-13-29-17/h3-6,17H,1-2,7-14H2. The molecule has 1 unspecified atom stereocenters. The molecule has 0 aliphatic carbocycles. The predicted octanol–water partition coefficient (Wildman–Crippen LogP) is 2.91. The zero-order chi connectivity index (χ0) is 22.3. The molecule has 172 valence electrons. The lowest BCUT2D eigenvalue weighted by atomic mass is 9.77. The van der Waals surface area contributed by atoms with Crippen molar-refractivity contribution in [2.75, 3.05) is 36.9 Å². The minimum Gasteiger partial charge on any atom is -0.406 e. The van der Waals surface area contributed by atoms with E-state index >= 15 is 0 Å². The summed E-state index contributed by atoms with van der Waals surface area (Å²) in [6.45, 7) is 1.61. The third-order valence-corrected chi connectivity index (χ3v) is 8.33. The Balaban J connectivity index is 1.38. The molecule has 0 aromatic heterocycles. The van der Waals surface area contributed by atoms with Gasteiger partial charge < -0.3 is 14.4 Å². The molecule has 1 aromatic carbocycles. The van der Waals surface area contributed by atoms with Gasteiger partial charge in [0, 0.05) is 31.9 Å². The maximum absolute atomic E-state index is 13.2. The molecule has 0 N–H and O–H groups in total. The number of carbonyl (C=O) groups is 1. The molecule has 3 aliphatic rings. The minimum atomic E-state index is -4.77. The normalized spacial score (nSPS) is 24.8. The second-order valence-electron chi connectivity index (χ2n) is 8.34. The van der Waals surface area contributed by atoms with Gasteiger partial charge >= 0.3 is 6.36 Å². The molecule has 7 nitrogen and oxygen atoms in total. The first-order valence-electron chi connectivity index (χ1n) is 10.4. The lowest BCUT2D eigenvalue weighted by Gasteiger charge is -2.37. The fourth-order valence-corrected chi connectivity index (χ4v) is 6.35. The molecule has 3 saturated heterocycles. The van der Waals surface area contributed by atoms with E-state index in [-0.39, 0.29) is 36.6 Å². The number of nitrogens with zero attached hydrogens (tertiary/aromatic N) is 2. The van der Waals surface area contributed by atoms with E-state index in [2.05, 4.69) is 4.74 Å². The van der Waals surface area contributed by atoms with E-state index in [0.29, 0.717) is 38.1 Å². The fraction of sp³-hybridized carbons (Fsp3) is 0.650. The smallest absolute Gasteiger partial charge is 0.406 e. The monoisotopic (exact) mass is 462 g/mol. The van der Waals surface area contributed by atoms with Gasteiger partial charge in [0.05, 0.1) is 17.3 Å². The van der Waals surface area contributed by atoms with Crippen LogP contribution in [0.1, 0.15) is 32.1 Å². The van der Waals surface area contributed by atoms with Gasteiger partial charge in [0.1, 0.15) is 5.75 Å². The van der Waals surface area contributed by atoms with Gasteiger partial charge in [0.25, 0.3) is 0 Å². The number of piperidine rings is 1. The van der Waals surface area contributed by atoms with Crippen molar-refractivity contribution < 1.29 is 35.9 Å². The average molecular weight is 462 g/mol. The number of benzene rings is 1. The molecule has 3 heterocycles. The quantitative estimate of drug-likeness (QED) is 0.673. The molecule has 1 aromatic rings. The molecule has 3 fully saturated rings. The Morgan fingerprint density at radius 3 is 2.32 bits per heavy atom. The van der Waals surface area contributed by atoms with Crippen LogP contribution in [0.5, 0.6) is 5.75 Å². The van der Waals surface area contributed by atoms with Crippen LogP contribution in [0.25, 0.3) is 0 Å². The Hall–Kier alpha value is -1.85. The van der Waals surface area contributed by atoms with Crippen LogP contribution in [0.2, 0.25) is 0 Å².